The van der Waals surface area contributed by atoms with Crippen molar-refractivity contribution >= 4 is 11.8 Å². The quantitative estimate of drug-likeness (QED) is 0.349. The van der Waals surface area contributed by atoms with Crippen molar-refractivity contribution in [3.63, 3.8) is 0 Å². The number of rotatable bonds is 6. The molecule has 3 fully saturated rings. The highest BCUT2D eigenvalue weighted by atomic mass is 16.7. The Hall–Kier alpha value is -1.14. The molecular formula is C34H63N3O7. The maximum atomic E-state index is 14.2. The van der Waals surface area contributed by atoms with Gasteiger partial charge in [-0.15, -0.1) is 0 Å². The summed E-state index contributed by atoms with van der Waals surface area (Å²) in [7, 11) is 7.63. The standard InChI is InChI=1S/C34H63N3O7/c1-21(2)37-15-13-14-25(19-37)27-20-42-32(40)33(6,7)29(39)24(5)30(34(8,41-12)17-22(3)18-36(27)11)44-31-28(38)26(35(9)10)16-23(4)43-31/h21-28,30-31,38H,13-20H2,1-12H3/t22-,23-,24+,25-,26+,27+,28-,30-,31+,34-/m1/s1. The monoisotopic (exact) mass is 625 g/mol. The van der Waals surface area contributed by atoms with Gasteiger partial charge >= 0.3 is 5.97 Å². The molecule has 44 heavy (non-hydrogen) atoms. The first-order chi connectivity index (χ1) is 20.4. The Morgan fingerprint density at radius 1 is 1.09 bits per heavy atom. The average Bonchev–Trinajstić information content (AvgIpc) is 2.95. The molecular weight excluding hydrogens is 562 g/mol. The molecule has 0 radical (unpaired) electrons. The number of esters is 1. The summed E-state index contributed by atoms with van der Waals surface area (Å²) < 4.78 is 25.1. The summed E-state index contributed by atoms with van der Waals surface area (Å²) in [4.78, 5) is 34.8. The molecule has 0 unspecified atom stereocenters. The number of hydrogen-bond donors (Lipinski definition) is 1. The number of ether oxygens (including phenoxy) is 4. The minimum atomic E-state index is -1.40. The van der Waals surface area contributed by atoms with Gasteiger partial charge < -0.3 is 33.9 Å². The number of carbonyl (C=O) groups excluding carboxylic acids is 2. The van der Waals surface area contributed by atoms with Crippen LogP contribution in [0, 0.1) is 23.2 Å². The van der Waals surface area contributed by atoms with Crippen LogP contribution in [0.1, 0.15) is 81.1 Å². The highest BCUT2D eigenvalue weighted by Gasteiger charge is 2.51. The van der Waals surface area contributed by atoms with Gasteiger partial charge in [-0.1, -0.05) is 13.8 Å². The van der Waals surface area contributed by atoms with Crippen LogP contribution >= 0.6 is 0 Å². The molecule has 3 saturated heterocycles. The van der Waals surface area contributed by atoms with Crippen molar-refractivity contribution in [1.82, 2.24) is 14.7 Å². The minimum absolute atomic E-state index is 0.0307. The van der Waals surface area contributed by atoms with Crippen LogP contribution in [0.15, 0.2) is 0 Å². The van der Waals surface area contributed by atoms with Crippen LogP contribution in [0.4, 0.5) is 0 Å². The molecule has 0 aliphatic carbocycles. The molecule has 0 bridgehead atoms. The Bertz CT molecular complexity index is 961. The largest absolute Gasteiger partial charge is 0.463 e. The van der Waals surface area contributed by atoms with Gasteiger partial charge in [-0.3, -0.25) is 14.5 Å². The number of aliphatic hydroxyl groups is 1. The molecule has 3 aliphatic rings. The lowest BCUT2D eigenvalue weighted by atomic mass is 9.74. The van der Waals surface area contributed by atoms with E-state index in [1.807, 2.05) is 32.8 Å². The van der Waals surface area contributed by atoms with Gasteiger partial charge in [0, 0.05) is 44.2 Å². The number of carbonyl (C=O) groups is 2. The topological polar surface area (TPSA) is 101 Å². The molecule has 10 atom stereocenters. The first-order valence-electron chi connectivity index (χ1n) is 16.8. The Balaban J connectivity index is 1.99. The minimum Gasteiger partial charge on any atom is -0.463 e. The molecule has 0 spiro atoms. The predicted molar refractivity (Wildman–Crippen MR) is 171 cm³/mol. The van der Waals surface area contributed by atoms with Crippen LogP contribution in [-0.4, -0.2) is 134 Å². The van der Waals surface area contributed by atoms with E-state index in [2.05, 4.69) is 37.6 Å². The smallest absolute Gasteiger partial charge is 0.319 e. The fourth-order valence-corrected chi connectivity index (χ4v) is 7.88. The number of Topliss-reactive ketones (excluding diaryl/α,β-unsaturated/α-hetero) is 1. The molecule has 256 valence electrons. The molecule has 3 rings (SSSR count). The van der Waals surface area contributed by atoms with Crippen molar-refractivity contribution in [3.8, 4) is 0 Å². The summed E-state index contributed by atoms with van der Waals surface area (Å²) in [5.41, 5.74) is -2.31. The number of aliphatic hydroxyl groups excluding tert-OH is 1. The molecule has 3 aliphatic heterocycles. The Morgan fingerprint density at radius 3 is 2.34 bits per heavy atom. The molecule has 10 heteroatoms. The van der Waals surface area contributed by atoms with Crippen LogP contribution in [0.5, 0.6) is 0 Å². The summed E-state index contributed by atoms with van der Waals surface area (Å²) >= 11 is 0. The Kier molecular flexibility index (Phi) is 12.9. The molecule has 0 saturated carbocycles. The molecule has 10 nitrogen and oxygen atoms in total. The lowest BCUT2D eigenvalue weighted by Crippen LogP contribution is -2.59. The van der Waals surface area contributed by atoms with E-state index in [9.17, 15) is 14.7 Å². The number of nitrogens with zero attached hydrogens (tertiary/aromatic N) is 3. The maximum Gasteiger partial charge on any atom is 0.319 e. The third-order valence-corrected chi connectivity index (χ3v) is 10.7. The Morgan fingerprint density at radius 2 is 1.75 bits per heavy atom. The zero-order valence-electron chi connectivity index (χ0n) is 29.7. The second-order valence-electron chi connectivity index (χ2n) is 15.3. The summed E-state index contributed by atoms with van der Waals surface area (Å²) in [6.45, 7) is 18.7. The number of piperidine rings is 1. The van der Waals surface area contributed by atoms with Crippen molar-refractivity contribution in [2.45, 2.75) is 129 Å². The first kappa shape index (κ1) is 37.3. The third-order valence-electron chi connectivity index (χ3n) is 10.7. The second-order valence-corrected chi connectivity index (χ2v) is 15.3. The molecule has 0 aromatic rings. The first-order valence-corrected chi connectivity index (χ1v) is 16.8. The van der Waals surface area contributed by atoms with E-state index in [0.717, 1.165) is 32.5 Å². The van der Waals surface area contributed by atoms with E-state index in [1.165, 1.54) is 0 Å². The number of likely N-dealkylation sites (N-methyl/N-ethyl adjacent to an activating group) is 2. The fourth-order valence-electron chi connectivity index (χ4n) is 7.88. The summed E-state index contributed by atoms with van der Waals surface area (Å²) in [6.07, 6.45) is 0.646. The number of likely N-dealkylation sites (tertiary alicyclic amines) is 1. The zero-order chi connectivity index (χ0) is 33.1. The molecule has 0 aromatic carbocycles. The van der Waals surface area contributed by atoms with Crippen molar-refractivity contribution in [3.05, 3.63) is 0 Å². The van der Waals surface area contributed by atoms with Gasteiger partial charge in [-0.25, -0.2) is 0 Å². The third kappa shape index (κ3) is 8.41. The van der Waals surface area contributed by atoms with Gasteiger partial charge in [0.15, 0.2) is 12.1 Å². The normalized spacial score (nSPS) is 40.8. The fraction of sp³-hybridized carbons (Fsp3) is 0.941. The van der Waals surface area contributed by atoms with Crippen LogP contribution in [-0.2, 0) is 28.5 Å². The van der Waals surface area contributed by atoms with E-state index in [0.29, 0.717) is 24.8 Å². The van der Waals surface area contributed by atoms with Crippen LogP contribution < -0.4 is 0 Å². The summed E-state index contributed by atoms with van der Waals surface area (Å²) in [5.74, 6) is -1.03. The summed E-state index contributed by atoms with van der Waals surface area (Å²) in [5, 5.41) is 11.3. The van der Waals surface area contributed by atoms with Gasteiger partial charge in [0.1, 0.15) is 18.1 Å². The van der Waals surface area contributed by atoms with Crippen molar-refractivity contribution in [1.29, 1.82) is 0 Å². The molecule has 3 heterocycles. The average molecular weight is 626 g/mol. The van der Waals surface area contributed by atoms with Crippen molar-refractivity contribution < 1.29 is 33.6 Å². The van der Waals surface area contributed by atoms with E-state index >= 15 is 0 Å². The van der Waals surface area contributed by atoms with Gasteiger partial charge in [0.25, 0.3) is 0 Å². The van der Waals surface area contributed by atoms with Crippen molar-refractivity contribution in [2.75, 3.05) is 54.5 Å². The second kappa shape index (κ2) is 15.2. The summed E-state index contributed by atoms with van der Waals surface area (Å²) in [6, 6.07) is 0.322. The Labute approximate surface area is 267 Å². The maximum absolute atomic E-state index is 14.2. The molecule has 1 N–H and O–H groups in total. The lowest BCUT2D eigenvalue weighted by molar-refractivity contribution is -0.295. The van der Waals surface area contributed by atoms with Gasteiger partial charge in [-0.2, -0.15) is 0 Å². The van der Waals surface area contributed by atoms with Crippen LogP contribution in [0.25, 0.3) is 0 Å². The number of ketones is 1. The van der Waals surface area contributed by atoms with E-state index in [1.54, 1.807) is 27.9 Å². The van der Waals surface area contributed by atoms with Gasteiger partial charge in [0.05, 0.1) is 17.8 Å². The van der Waals surface area contributed by atoms with Gasteiger partial charge in [-0.05, 0) is 107 Å². The van der Waals surface area contributed by atoms with E-state index < -0.39 is 41.4 Å². The number of methoxy groups -OCH3 is 1. The molecule has 0 aromatic heterocycles. The predicted octanol–water partition coefficient (Wildman–Crippen LogP) is 3.44. The van der Waals surface area contributed by atoms with Crippen LogP contribution in [0.2, 0.25) is 0 Å². The number of hydrogen-bond acceptors (Lipinski definition) is 10. The van der Waals surface area contributed by atoms with E-state index in [4.69, 9.17) is 18.9 Å². The van der Waals surface area contributed by atoms with Crippen molar-refractivity contribution in [2.24, 2.45) is 23.2 Å². The lowest BCUT2D eigenvalue weighted by Gasteiger charge is -2.47. The van der Waals surface area contributed by atoms with Crippen LogP contribution in [0.3, 0.4) is 0 Å². The zero-order valence-corrected chi connectivity index (χ0v) is 29.7. The highest BCUT2D eigenvalue weighted by molar-refractivity contribution is 6.04. The highest BCUT2D eigenvalue weighted by Crippen LogP contribution is 2.38. The van der Waals surface area contributed by atoms with Gasteiger partial charge in [0.2, 0.25) is 0 Å². The SMILES string of the molecule is CO[C@]1(C)C[C@@H](C)CN(C)[C@H]([C@@H]2CCCN(C(C)C)C2)COC(=O)C(C)(C)C(=O)[C@H](C)[C@H]1O[C@@H]1O[C@H](C)C[C@H](N(C)C)[C@H]1O. The molecule has 0 amide bonds. The van der Waals surface area contributed by atoms with E-state index in [-0.39, 0.29) is 36.5 Å². The number of cyclic esters (lactones) is 1.